The third kappa shape index (κ3) is 7.62. The van der Waals surface area contributed by atoms with Crippen molar-refractivity contribution in [3.8, 4) is 0 Å². The van der Waals surface area contributed by atoms with E-state index in [1.165, 1.54) is 0 Å². The fourth-order valence-electron chi connectivity index (χ4n) is 1.30. The highest BCUT2D eigenvalue weighted by Crippen LogP contribution is 1.89. The van der Waals surface area contributed by atoms with Crippen molar-refractivity contribution in [2.75, 3.05) is 27.2 Å². The predicted molar refractivity (Wildman–Crippen MR) is 65.3 cm³/mol. The molecular weight excluding hydrogens is 206 g/mol. The van der Waals surface area contributed by atoms with E-state index in [2.05, 4.69) is 10.6 Å². The summed E-state index contributed by atoms with van der Waals surface area (Å²) in [5, 5.41) is 15.4. The first-order valence-corrected chi connectivity index (χ1v) is 5.69. The Labute approximate surface area is 98.2 Å². The molecule has 0 fully saturated rings. The van der Waals surface area contributed by atoms with Gasteiger partial charge in [-0.2, -0.15) is 0 Å². The van der Waals surface area contributed by atoms with E-state index in [-0.39, 0.29) is 18.0 Å². The molecule has 3 N–H and O–H groups in total. The van der Waals surface area contributed by atoms with Gasteiger partial charge in [0.1, 0.15) is 0 Å². The molecule has 96 valence electrons. The van der Waals surface area contributed by atoms with Gasteiger partial charge in [0.05, 0.1) is 12.1 Å². The summed E-state index contributed by atoms with van der Waals surface area (Å²) in [7, 11) is 3.80. The van der Waals surface area contributed by atoms with Gasteiger partial charge in [-0.15, -0.1) is 0 Å². The average Bonchev–Trinajstić information content (AvgIpc) is 2.11. The first kappa shape index (κ1) is 15.3. The molecule has 0 aliphatic rings. The lowest BCUT2D eigenvalue weighted by atomic mass is 10.2. The Morgan fingerprint density at radius 1 is 1.31 bits per heavy atom. The summed E-state index contributed by atoms with van der Waals surface area (Å²) < 4.78 is 0. The molecule has 0 saturated carbocycles. The lowest BCUT2D eigenvalue weighted by Gasteiger charge is -2.20. The number of hydrogen-bond acceptors (Lipinski definition) is 4. The second-order valence-corrected chi connectivity index (χ2v) is 4.71. The van der Waals surface area contributed by atoms with Crippen LogP contribution in [0.25, 0.3) is 0 Å². The molecule has 0 aliphatic carbocycles. The number of carbonyl (C=O) groups excluding carboxylic acids is 1. The summed E-state index contributed by atoms with van der Waals surface area (Å²) in [6.07, 6.45) is -0.454. The van der Waals surface area contributed by atoms with Crippen molar-refractivity contribution in [1.29, 1.82) is 0 Å². The van der Waals surface area contributed by atoms with Gasteiger partial charge in [0.25, 0.3) is 0 Å². The summed E-state index contributed by atoms with van der Waals surface area (Å²) in [6.45, 7) is 6.65. The predicted octanol–water partition coefficient (Wildman–Crippen LogP) is -0.588. The number of aliphatic hydroxyl groups excluding tert-OH is 1. The molecule has 0 heterocycles. The first-order valence-electron chi connectivity index (χ1n) is 5.69. The molecule has 2 atom stereocenters. The maximum absolute atomic E-state index is 11.5. The maximum atomic E-state index is 11.5. The van der Waals surface area contributed by atoms with Crippen LogP contribution in [0.15, 0.2) is 0 Å². The van der Waals surface area contributed by atoms with Crippen LogP contribution in [0.3, 0.4) is 0 Å². The molecule has 0 saturated heterocycles. The molecular formula is C11H25N3O2. The van der Waals surface area contributed by atoms with Crippen LogP contribution < -0.4 is 10.6 Å². The highest BCUT2D eigenvalue weighted by molar-refractivity contribution is 5.81. The van der Waals surface area contributed by atoms with Gasteiger partial charge in [-0.1, -0.05) is 0 Å². The van der Waals surface area contributed by atoms with Crippen LogP contribution in [-0.2, 0) is 4.79 Å². The van der Waals surface area contributed by atoms with E-state index in [9.17, 15) is 9.90 Å². The average molecular weight is 231 g/mol. The number of aliphatic hydroxyl groups is 1. The van der Waals surface area contributed by atoms with E-state index in [1.807, 2.05) is 32.8 Å². The molecule has 0 aliphatic heterocycles. The molecule has 0 bridgehead atoms. The van der Waals surface area contributed by atoms with E-state index < -0.39 is 6.10 Å². The van der Waals surface area contributed by atoms with Crippen molar-refractivity contribution in [2.24, 2.45) is 0 Å². The van der Waals surface area contributed by atoms with Crippen LogP contribution in [0.5, 0.6) is 0 Å². The maximum Gasteiger partial charge on any atom is 0.237 e. The minimum atomic E-state index is -0.454. The van der Waals surface area contributed by atoms with Crippen molar-refractivity contribution in [1.82, 2.24) is 15.5 Å². The van der Waals surface area contributed by atoms with Crippen molar-refractivity contribution in [2.45, 2.75) is 39.0 Å². The lowest BCUT2D eigenvalue weighted by molar-refractivity contribution is -0.123. The van der Waals surface area contributed by atoms with Gasteiger partial charge in [-0.05, 0) is 34.9 Å². The molecule has 0 aromatic rings. The number of amides is 1. The van der Waals surface area contributed by atoms with Crippen LogP contribution in [0.2, 0.25) is 0 Å². The molecule has 2 unspecified atom stereocenters. The first-order chi connectivity index (χ1) is 7.32. The minimum absolute atomic E-state index is 0.0351. The van der Waals surface area contributed by atoms with Crippen molar-refractivity contribution < 1.29 is 9.90 Å². The van der Waals surface area contributed by atoms with Crippen molar-refractivity contribution >= 4 is 5.91 Å². The van der Waals surface area contributed by atoms with Crippen LogP contribution in [0.1, 0.15) is 20.8 Å². The minimum Gasteiger partial charge on any atom is -0.390 e. The standard InChI is InChI=1S/C11H25N3O2/c1-8(2)13-11(16)9(3)12-6-10(15)7-14(4)5/h8-10,12,15H,6-7H2,1-5H3,(H,13,16). The Balaban J connectivity index is 3.79. The fourth-order valence-corrected chi connectivity index (χ4v) is 1.30. The molecule has 0 spiro atoms. The van der Waals surface area contributed by atoms with Gasteiger partial charge in [-0.3, -0.25) is 4.79 Å². The second-order valence-electron chi connectivity index (χ2n) is 4.71. The van der Waals surface area contributed by atoms with Crippen LogP contribution in [0.4, 0.5) is 0 Å². The van der Waals surface area contributed by atoms with Crippen molar-refractivity contribution in [3.63, 3.8) is 0 Å². The number of rotatable bonds is 7. The van der Waals surface area contributed by atoms with Gasteiger partial charge in [0, 0.05) is 19.1 Å². The third-order valence-electron chi connectivity index (χ3n) is 2.06. The van der Waals surface area contributed by atoms with Crippen molar-refractivity contribution in [3.05, 3.63) is 0 Å². The van der Waals surface area contributed by atoms with E-state index in [4.69, 9.17) is 0 Å². The molecule has 0 aromatic heterocycles. The number of carbonyl (C=O) groups is 1. The van der Waals surface area contributed by atoms with Gasteiger partial charge in [-0.25, -0.2) is 0 Å². The van der Waals surface area contributed by atoms with E-state index >= 15 is 0 Å². The van der Waals surface area contributed by atoms with Gasteiger partial charge in [0.15, 0.2) is 0 Å². The Hall–Kier alpha value is -0.650. The number of nitrogens with zero attached hydrogens (tertiary/aromatic N) is 1. The zero-order valence-electron chi connectivity index (χ0n) is 10.9. The van der Waals surface area contributed by atoms with E-state index in [1.54, 1.807) is 6.92 Å². The fraction of sp³-hybridized carbons (Fsp3) is 0.909. The highest BCUT2D eigenvalue weighted by atomic mass is 16.3. The largest absolute Gasteiger partial charge is 0.390 e. The smallest absolute Gasteiger partial charge is 0.237 e. The summed E-state index contributed by atoms with van der Waals surface area (Å²) in [4.78, 5) is 13.4. The summed E-state index contributed by atoms with van der Waals surface area (Å²) >= 11 is 0. The number of likely N-dealkylation sites (N-methyl/N-ethyl adjacent to an activating group) is 1. The summed E-state index contributed by atoms with van der Waals surface area (Å²) in [5.41, 5.74) is 0. The topological polar surface area (TPSA) is 64.6 Å². The second kappa shape index (κ2) is 7.60. The number of nitrogens with one attached hydrogen (secondary N) is 2. The third-order valence-corrected chi connectivity index (χ3v) is 2.06. The zero-order valence-corrected chi connectivity index (χ0v) is 10.9. The summed E-state index contributed by atoms with van der Waals surface area (Å²) in [6, 6.07) is -0.136. The molecule has 5 heteroatoms. The van der Waals surface area contributed by atoms with Crippen LogP contribution in [0, 0.1) is 0 Å². The molecule has 16 heavy (non-hydrogen) atoms. The number of hydrogen-bond donors (Lipinski definition) is 3. The normalized spacial score (nSPS) is 15.2. The molecule has 0 aromatic carbocycles. The van der Waals surface area contributed by atoms with Gasteiger partial charge in [0.2, 0.25) is 5.91 Å². The zero-order chi connectivity index (χ0) is 12.7. The highest BCUT2D eigenvalue weighted by Gasteiger charge is 2.14. The Morgan fingerprint density at radius 2 is 1.88 bits per heavy atom. The van der Waals surface area contributed by atoms with E-state index in [0.29, 0.717) is 13.1 Å². The van der Waals surface area contributed by atoms with E-state index in [0.717, 1.165) is 0 Å². The Kier molecular flexibility index (Phi) is 7.29. The SMILES string of the molecule is CC(C)NC(=O)C(C)NCC(O)CN(C)C. The summed E-state index contributed by atoms with van der Waals surface area (Å²) in [5.74, 6) is -0.0351. The van der Waals surface area contributed by atoms with Crippen LogP contribution >= 0.6 is 0 Å². The molecule has 5 nitrogen and oxygen atoms in total. The Morgan fingerprint density at radius 3 is 2.31 bits per heavy atom. The molecule has 0 rings (SSSR count). The quantitative estimate of drug-likeness (QED) is 0.548. The molecule has 0 radical (unpaired) electrons. The van der Waals surface area contributed by atoms with Crippen LogP contribution in [-0.4, -0.2) is 61.3 Å². The Bertz CT molecular complexity index is 207. The van der Waals surface area contributed by atoms with Gasteiger partial charge < -0.3 is 20.6 Å². The van der Waals surface area contributed by atoms with Gasteiger partial charge >= 0.3 is 0 Å². The lowest BCUT2D eigenvalue weighted by Crippen LogP contribution is -2.47. The monoisotopic (exact) mass is 231 g/mol. The molecule has 1 amide bonds.